The first-order valence-corrected chi connectivity index (χ1v) is 12.1. The Morgan fingerprint density at radius 1 is 1.03 bits per heavy atom. The number of allylic oxidation sites excluding steroid dienone is 2. The fraction of sp³-hybridized carbons (Fsp3) is 0.259. The maximum absolute atomic E-state index is 6.64. The van der Waals surface area contributed by atoms with Gasteiger partial charge < -0.3 is 19.5 Å². The van der Waals surface area contributed by atoms with Gasteiger partial charge in [0.05, 0.1) is 30.4 Å². The minimum atomic E-state index is 0.0678. The molecule has 4 nitrogen and oxygen atoms in total. The highest BCUT2D eigenvalue weighted by molar-refractivity contribution is 9.10. The second-order valence-electron chi connectivity index (χ2n) is 8.32. The Hall–Kier alpha value is -2.63. The van der Waals surface area contributed by atoms with Crippen molar-refractivity contribution in [3.8, 4) is 17.2 Å². The van der Waals surface area contributed by atoms with Gasteiger partial charge in [-0.2, -0.15) is 0 Å². The van der Waals surface area contributed by atoms with E-state index < -0.39 is 0 Å². The second kappa shape index (κ2) is 9.32. The van der Waals surface area contributed by atoms with Crippen molar-refractivity contribution in [2.75, 3.05) is 19.5 Å². The van der Waals surface area contributed by atoms with Gasteiger partial charge in [-0.3, -0.25) is 0 Å². The number of ether oxygens (including phenoxy) is 3. The van der Waals surface area contributed by atoms with Crippen LogP contribution in [0.1, 0.15) is 35.1 Å². The number of fused-ring (bicyclic) bond motifs is 3. The van der Waals surface area contributed by atoms with Gasteiger partial charge in [0.1, 0.15) is 12.4 Å². The molecule has 5 rings (SSSR count). The summed E-state index contributed by atoms with van der Waals surface area (Å²) in [6.45, 7) is 0.467. The second-order valence-corrected chi connectivity index (χ2v) is 9.58. The molecule has 2 aliphatic rings. The summed E-state index contributed by atoms with van der Waals surface area (Å²) in [5, 5.41) is 4.50. The van der Waals surface area contributed by atoms with E-state index in [4.69, 9.17) is 25.8 Å². The number of methoxy groups -OCH3 is 2. The molecule has 0 fully saturated rings. The van der Waals surface area contributed by atoms with Crippen LogP contribution < -0.4 is 19.5 Å². The third kappa shape index (κ3) is 4.09. The van der Waals surface area contributed by atoms with E-state index in [0.717, 1.165) is 44.0 Å². The Morgan fingerprint density at radius 2 is 1.82 bits per heavy atom. The van der Waals surface area contributed by atoms with Crippen LogP contribution >= 0.6 is 27.5 Å². The molecule has 6 heteroatoms. The van der Waals surface area contributed by atoms with Gasteiger partial charge in [0.25, 0.3) is 0 Å². The summed E-state index contributed by atoms with van der Waals surface area (Å²) in [7, 11) is 3.36. The molecule has 0 spiro atoms. The van der Waals surface area contributed by atoms with E-state index in [2.05, 4.69) is 45.5 Å². The number of rotatable bonds is 6. The fourth-order valence-corrected chi connectivity index (χ4v) is 5.78. The average molecular weight is 527 g/mol. The zero-order valence-electron chi connectivity index (χ0n) is 18.5. The van der Waals surface area contributed by atoms with Crippen LogP contribution in [-0.2, 0) is 6.61 Å². The van der Waals surface area contributed by atoms with Gasteiger partial charge in [-0.1, -0.05) is 54.1 Å². The monoisotopic (exact) mass is 525 g/mol. The maximum Gasteiger partial charge on any atom is 0.175 e. The highest BCUT2D eigenvalue weighted by Crippen LogP contribution is 2.55. The molecule has 0 saturated carbocycles. The Kier molecular flexibility index (Phi) is 6.26. The lowest BCUT2D eigenvalue weighted by atomic mass is 9.76. The van der Waals surface area contributed by atoms with Crippen LogP contribution in [-0.4, -0.2) is 14.2 Å². The van der Waals surface area contributed by atoms with E-state index in [0.29, 0.717) is 24.0 Å². The van der Waals surface area contributed by atoms with E-state index in [1.165, 1.54) is 0 Å². The molecule has 0 aromatic heterocycles. The highest BCUT2D eigenvalue weighted by atomic mass is 79.9. The van der Waals surface area contributed by atoms with Crippen LogP contribution in [0.4, 0.5) is 5.69 Å². The minimum absolute atomic E-state index is 0.0678. The zero-order chi connectivity index (χ0) is 22.9. The van der Waals surface area contributed by atoms with Gasteiger partial charge in [0, 0.05) is 16.5 Å². The van der Waals surface area contributed by atoms with Crippen LogP contribution in [0.3, 0.4) is 0 Å². The standard InChI is InChI=1S/C27H25BrClNO3/c1-31-22-12-11-21(29)24-18-9-6-10-19(18)25(30-26(22)24)17-13-20(28)27(23(14-17)32-2)33-15-16-7-4-3-5-8-16/h3-9,11-14,18-19,25,30H,10,15H2,1-2H3/t18-,19+,25+/m1/s1. The van der Waals surface area contributed by atoms with E-state index in [9.17, 15) is 0 Å². The van der Waals surface area contributed by atoms with Crippen molar-refractivity contribution in [3.05, 3.63) is 92.9 Å². The van der Waals surface area contributed by atoms with Gasteiger partial charge in [-0.25, -0.2) is 0 Å². The molecule has 3 atom stereocenters. The molecular weight excluding hydrogens is 502 g/mol. The van der Waals surface area contributed by atoms with E-state index in [-0.39, 0.29) is 12.0 Å². The lowest BCUT2D eigenvalue weighted by molar-refractivity contribution is 0.282. The number of anilines is 1. The molecule has 1 heterocycles. The van der Waals surface area contributed by atoms with Gasteiger partial charge in [-0.15, -0.1) is 0 Å². The molecule has 0 amide bonds. The lowest BCUT2D eigenvalue weighted by Gasteiger charge is -2.38. The Labute approximate surface area is 207 Å². The SMILES string of the molecule is COc1ccc(Cl)c2c1N[C@@H](c1cc(Br)c(OCc3ccccc3)c(OC)c1)[C@H]1CC=C[C@@H]21. The molecule has 0 unspecified atom stereocenters. The molecule has 170 valence electrons. The Balaban J connectivity index is 1.50. The first-order chi connectivity index (χ1) is 16.1. The topological polar surface area (TPSA) is 39.7 Å². The summed E-state index contributed by atoms with van der Waals surface area (Å²) in [4.78, 5) is 0. The van der Waals surface area contributed by atoms with Gasteiger partial charge in [0.2, 0.25) is 0 Å². The predicted octanol–water partition coefficient (Wildman–Crippen LogP) is 7.53. The third-order valence-corrected chi connectivity index (χ3v) is 7.40. The van der Waals surface area contributed by atoms with Crippen LogP contribution in [0.2, 0.25) is 5.02 Å². The first kappa shape index (κ1) is 22.2. The highest BCUT2D eigenvalue weighted by Gasteiger charge is 2.40. The Morgan fingerprint density at radius 3 is 2.58 bits per heavy atom. The molecule has 1 N–H and O–H groups in total. The number of hydrogen-bond donors (Lipinski definition) is 1. The predicted molar refractivity (Wildman–Crippen MR) is 136 cm³/mol. The number of benzene rings is 3. The van der Waals surface area contributed by atoms with Crippen molar-refractivity contribution in [3.63, 3.8) is 0 Å². The van der Waals surface area contributed by atoms with Crippen molar-refractivity contribution < 1.29 is 14.2 Å². The van der Waals surface area contributed by atoms with Crippen LogP contribution in [0.5, 0.6) is 17.2 Å². The maximum atomic E-state index is 6.64. The summed E-state index contributed by atoms with van der Waals surface area (Å²) in [6, 6.07) is 18.2. The molecule has 0 radical (unpaired) electrons. The van der Waals surface area contributed by atoms with Crippen molar-refractivity contribution in [2.24, 2.45) is 5.92 Å². The van der Waals surface area contributed by atoms with Crippen LogP contribution in [0.25, 0.3) is 0 Å². The van der Waals surface area contributed by atoms with Crippen molar-refractivity contribution >= 4 is 33.2 Å². The van der Waals surface area contributed by atoms with E-state index in [1.807, 2.05) is 42.5 Å². The van der Waals surface area contributed by atoms with Crippen molar-refractivity contribution in [2.45, 2.75) is 25.0 Å². The normalized spacial score (nSPS) is 20.5. The quantitative estimate of drug-likeness (QED) is 0.337. The number of nitrogens with one attached hydrogen (secondary N) is 1. The number of halogens is 2. The summed E-state index contributed by atoms with van der Waals surface area (Å²) in [5.41, 5.74) is 4.30. The lowest BCUT2D eigenvalue weighted by Crippen LogP contribution is -2.29. The molecule has 33 heavy (non-hydrogen) atoms. The zero-order valence-corrected chi connectivity index (χ0v) is 20.8. The van der Waals surface area contributed by atoms with Crippen LogP contribution in [0, 0.1) is 5.92 Å². The summed E-state index contributed by atoms with van der Waals surface area (Å²) in [6.07, 6.45) is 5.49. The van der Waals surface area contributed by atoms with E-state index in [1.54, 1.807) is 14.2 Å². The molecule has 1 aliphatic heterocycles. The van der Waals surface area contributed by atoms with Gasteiger partial charge in [0.15, 0.2) is 11.5 Å². The first-order valence-electron chi connectivity index (χ1n) is 10.9. The number of hydrogen-bond acceptors (Lipinski definition) is 4. The average Bonchev–Trinajstić information content (AvgIpc) is 3.33. The Bertz CT molecular complexity index is 1200. The van der Waals surface area contributed by atoms with Crippen molar-refractivity contribution in [1.82, 2.24) is 0 Å². The van der Waals surface area contributed by atoms with Gasteiger partial charge in [-0.05, 0) is 63.7 Å². The third-order valence-electron chi connectivity index (χ3n) is 6.49. The molecule has 3 aromatic carbocycles. The summed E-state index contributed by atoms with van der Waals surface area (Å²) >= 11 is 10.4. The molecule has 0 saturated heterocycles. The fourth-order valence-electron chi connectivity index (χ4n) is 4.93. The smallest absolute Gasteiger partial charge is 0.175 e. The summed E-state index contributed by atoms with van der Waals surface area (Å²) < 4.78 is 18.4. The van der Waals surface area contributed by atoms with Gasteiger partial charge >= 0.3 is 0 Å². The largest absolute Gasteiger partial charge is 0.495 e. The molecular formula is C27H25BrClNO3. The van der Waals surface area contributed by atoms with E-state index >= 15 is 0 Å². The summed E-state index contributed by atoms with van der Waals surface area (Å²) in [5.74, 6) is 2.76. The molecule has 1 aliphatic carbocycles. The molecule has 0 bridgehead atoms. The van der Waals surface area contributed by atoms with Crippen molar-refractivity contribution in [1.29, 1.82) is 0 Å². The molecule has 3 aromatic rings. The minimum Gasteiger partial charge on any atom is -0.495 e. The van der Waals surface area contributed by atoms with Crippen LogP contribution in [0.15, 0.2) is 71.2 Å².